The Balaban J connectivity index is 2.45. The van der Waals surface area contributed by atoms with Crippen molar-refractivity contribution in [3.63, 3.8) is 0 Å². The molecule has 1 atom stereocenters. The van der Waals surface area contributed by atoms with Gasteiger partial charge in [0.1, 0.15) is 5.54 Å². The molecule has 0 spiro atoms. The summed E-state index contributed by atoms with van der Waals surface area (Å²) in [6, 6.07) is 6.48. The van der Waals surface area contributed by atoms with E-state index in [4.69, 9.17) is 11.6 Å². The zero-order valence-corrected chi connectivity index (χ0v) is 18.1. The van der Waals surface area contributed by atoms with Crippen molar-refractivity contribution in [2.75, 3.05) is 20.1 Å². The summed E-state index contributed by atoms with van der Waals surface area (Å²) in [6.45, 7) is 2.66. The summed E-state index contributed by atoms with van der Waals surface area (Å²) >= 11 is 6.69. The van der Waals surface area contributed by atoms with Crippen LogP contribution < -0.4 is 4.72 Å². The Morgan fingerprint density at radius 1 is 1.39 bits per heavy atom. The van der Waals surface area contributed by atoms with E-state index in [2.05, 4.69) is 9.30 Å². The van der Waals surface area contributed by atoms with Gasteiger partial charge in [0.05, 0.1) is 10.5 Å². The number of nitrogens with one attached hydrogen (secondary N) is 1. The summed E-state index contributed by atoms with van der Waals surface area (Å²) in [7, 11) is -2.19. The van der Waals surface area contributed by atoms with E-state index in [1.54, 1.807) is 31.2 Å². The number of nitrogens with zero attached hydrogens (tertiary/aromatic N) is 2. The molecular weight excluding hydrogens is 426 g/mol. The van der Waals surface area contributed by atoms with E-state index in [1.165, 1.54) is 0 Å². The number of carboxylic acids is 1. The zero-order chi connectivity index (χ0) is 21.0. The molecule has 0 amide bonds. The molecule has 0 aliphatic carbocycles. The third-order valence-corrected chi connectivity index (χ3v) is 8.21. The molecule has 28 heavy (non-hydrogen) atoms. The van der Waals surface area contributed by atoms with Crippen LogP contribution in [0.3, 0.4) is 0 Å². The number of rotatable bonds is 9. The molecule has 2 N–H and O–H groups in total. The second-order valence-electron chi connectivity index (χ2n) is 6.98. The number of piperidine rings is 1. The van der Waals surface area contributed by atoms with Gasteiger partial charge in [-0.2, -0.15) is 4.72 Å². The quantitative estimate of drug-likeness (QED) is 0.439. The minimum absolute atomic E-state index is 0.0314. The van der Waals surface area contributed by atoms with Gasteiger partial charge in [0.2, 0.25) is 10.0 Å². The van der Waals surface area contributed by atoms with Gasteiger partial charge in [-0.05, 0) is 51.0 Å². The molecule has 0 saturated carbocycles. The molecule has 1 fully saturated rings. The van der Waals surface area contributed by atoms with E-state index in [1.807, 2.05) is 11.9 Å². The van der Waals surface area contributed by atoms with E-state index in [0.717, 1.165) is 0 Å². The van der Waals surface area contributed by atoms with Crippen LogP contribution in [0.2, 0.25) is 5.02 Å². The maximum atomic E-state index is 12.9. The summed E-state index contributed by atoms with van der Waals surface area (Å²) in [5.74, 6) is -1.78. The molecule has 2 rings (SSSR count). The Hall–Kier alpha value is -1.20. The summed E-state index contributed by atoms with van der Waals surface area (Å²) in [5.41, 5.74) is -1.50. The van der Waals surface area contributed by atoms with Crippen molar-refractivity contribution in [3.8, 4) is 0 Å². The fourth-order valence-electron chi connectivity index (χ4n) is 3.65. The summed E-state index contributed by atoms with van der Waals surface area (Å²) in [4.78, 5) is 25.5. The summed E-state index contributed by atoms with van der Waals surface area (Å²) < 4.78 is 30.0. The molecule has 1 unspecified atom stereocenters. The van der Waals surface area contributed by atoms with Crippen molar-refractivity contribution < 1.29 is 18.3 Å². The Labute approximate surface area is 174 Å². The van der Waals surface area contributed by atoms with Gasteiger partial charge < -0.3 is 10.0 Å². The van der Waals surface area contributed by atoms with Gasteiger partial charge in [0.25, 0.3) is 0 Å². The second-order valence-corrected chi connectivity index (χ2v) is 10.2. The highest BCUT2D eigenvalue weighted by Crippen LogP contribution is 2.47. The number of benzene rings is 1. The van der Waals surface area contributed by atoms with Gasteiger partial charge in [-0.1, -0.05) is 36.7 Å². The minimum Gasteiger partial charge on any atom is -0.480 e. The lowest BCUT2D eigenvalue weighted by Gasteiger charge is -2.48. The average Bonchev–Trinajstić information content (AvgIpc) is 2.63. The zero-order valence-electron chi connectivity index (χ0n) is 15.7. The molecule has 1 heterocycles. The second kappa shape index (κ2) is 9.08. The lowest BCUT2D eigenvalue weighted by atomic mass is 9.75. The van der Waals surface area contributed by atoms with Crippen molar-refractivity contribution in [1.82, 2.24) is 9.62 Å². The molecule has 8 nitrogen and oxygen atoms in total. The Kier molecular flexibility index (Phi) is 7.49. The number of hydrogen-bond donors (Lipinski definition) is 2. The highest BCUT2D eigenvalue weighted by Gasteiger charge is 2.59. The number of sulfonamides is 1. The molecule has 156 valence electrons. The first-order valence-electron chi connectivity index (χ1n) is 8.79. The van der Waals surface area contributed by atoms with Crippen LogP contribution in [0.15, 0.2) is 28.8 Å². The number of carboxylic acid groups (broad SMARTS) is 1. The lowest BCUT2D eigenvalue weighted by Crippen LogP contribution is -2.69. The SMILES string of the molecule is CCC(NS(=O)(=O)Cc1ccccc1Cl)(C(=O)O)C1(SN=O)CCN(C)CC1. The molecule has 1 aliphatic heterocycles. The number of carbonyl (C=O) groups is 1. The summed E-state index contributed by atoms with van der Waals surface area (Å²) in [6.07, 6.45) is 0.597. The van der Waals surface area contributed by atoms with Crippen LogP contribution in [0.5, 0.6) is 0 Å². The van der Waals surface area contributed by atoms with Crippen molar-refractivity contribution in [2.45, 2.75) is 42.2 Å². The molecule has 0 aromatic heterocycles. The molecule has 1 aliphatic rings. The van der Waals surface area contributed by atoms with Crippen molar-refractivity contribution >= 4 is 39.5 Å². The van der Waals surface area contributed by atoms with Crippen molar-refractivity contribution in [3.05, 3.63) is 39.8 Å². The van der Waals surface area contributed by atoms with E-state index in [0.29, 0.717) is 43.4 Å². The third kappa shape index (κ3) is 4.68. The number of halogens is 1. The van der Waals surface area contributed by atoms with Crippen LogP contribution in [0.25, 0.3) is 0 Å². The van der Waals surface area contributed by atoms with E-state index >= 15 is 0 Å². The van der Waals surface area contributed by atoms with Crippen LogP contribution in [0.4, 0.5) is 0 Å². The first-order chi connectivity index (χ1) is 13.1. The predicted octanol–water partition coefficient (Wildman–Crippen LogP) is 2.87. The lowest BCUT2D eigenvalue weighted by molar-refractivity contribution is -0.146. The first-order valence-corrected chi connectivity index (χ1v) is 11.6. The van der Waals surface area contributed by atoms with Crippen LogP contribution in [0, 0.1) is 4.91 Å². The number of hydrogen-bond acceptors (Lipinski definition) is 7. The van der Waals surface area contributed by atoms with Crippen LogP contribution >= 0.6 is 23.5 Å². The average molecular weight is 450 g/mol. The van der Waals surface area contributed by atoms with Crippen LogP contribution in [-0.2, 0) is 20.6 Å². The highest BCUT2D eigenvalue weighted by molar-refractivity contribution is 7.99. The monoisotopic (exact) mass is 449 g/mol. The number of nitroso groups, excluding NO2 is 1. The Morgan fingerprint density at radius 3 is 2.50 bits per heavy atom. The maximum absolute atomic E-state index is 12.9. The summed E-state index contributed by atoms with van der Waals surface area (Å²) in [5, 5.41) is 10.4. The van der Waals surface area contributed by atoms with E-state index < -0.39 is 32.0 Å². The van der Waals surface area contributed by atoms with Gasteiger partial charge in [0, 0.05) is 21.6 Å². The predicted molar refractivity (Wildman–Crippen MR) is 111 cm³/mol. The molecule has 0 bridgehead atoms. The molecule has 0 radical (unpaired) electrons. The Morgan fingerprint density at radius 2 is 2.00 bits per heavy atom. The fourth-order valence-corrected chi connectivity index (χ4v) is 6.63. The first kappa shape index (κ1) is 23.1. The van der Waals surface area contributed by atoms with E-state index in [9.17, 15) is 23.2 Å². The van der Waals surface area contributed by atoms with Crippen molar-refractivity contribution in [2.24, 2.45) is 4.58 Å². The highest BCUT2D eigenvalue weighted by atomic mass is 35.5. The number of likely N-dealkylation sites (tertiary alicyclic amines) is 1. The van der Waals surface area contributed by atoms with Gasteiger partial charge in [0.15, 0.2) is 0 Å². The number of aliphatic carboxylic acids is 1. The van der Waals surface area contributed by atoms with Gasteiger partial charge in [-0.15, -0.1) is 4.91 Å². The van der Waals surface area contributed by atoms with Crippen LogP contribution in [-0.4, -0.2) is 54.8 Å². The van der Waals surface area contributed by atoms with Gasteiger partial charge in [-0.3, -0.25) is 4.79 Å². The van der Waals surface area contributed by atoms with E-state index in [-0.39, 0.29) is 11.4 Å². The molecule has 1 saturated heterocycles. The maximum Gasteiger partial charge on any atom is 0.326 e. The topological polar surface area (TPSA) is 116 Å². The smallest absolute Gasteiger partial charge is 0.326 e. The van der Waals surface area contributed by atoms with Crippen molar-refractivity contribution in [1.29, 1.82) is 0 Å². The minimum atomic E-state index is -4.08. The molecule has 1 aromatic rings. The molecule has 1 aromatic carbocycles. The fraction of sp³-hybridized carbons (Fsp3) is 0.588. The molecule has 11 heteroatoms. The van der Waals surface area contributed by atoms with Gasteiger partial charge in [-0.25, -0.2) is 8.42 Å². The normalized spacial score (nSPS) is 19.7. The standard InChI is InChI=1S/C17H24ClN3O5S2/c1-3-17(15(22)23,16(27-20-24)8-10-21(2)11-9-16)19-28(25,26)12-13-6-4-5-7-14(13)18/h4-7,19H,3,8-12H2,1-2H3,(H,22,23). The largest absolute Gasteiger partial charge is 0.480 e. The van der Waals surface area contributed by atoms with Gasteiger partial charge >= 0.3 is 5.97 Å². The third-order valence-electron chi connectivity index (χ3n) is 5.31. The van der Waals surface area contributed by atoms with Crippen LogP contribution in [0.1, 0.15) is 31.7 Å². The Bertz CT molecular complexity index is 828. The molecular formula is C17H24ClN3O5S2.